The van der Waals surface area contributed by atoms with Crippen molar-refractivity contribution in [2.24, 2.45) is 0 Å². The number of carbonyl (C=O) groups is 4. The smallest absolute Gasteiger partial charge is 0.328 e. The zero-order chi connectivity index (χ0) is 13.4. The van der Waals surface area contributed by atoms with Crippen LogP contribution in [0.1, 0.15) is 6.42 Å². The van der Waals surface area contributed by atoms with Gasteiger partial charge in [-0.2, -0.15) is 0 Å². The summed E-state index contributed by atoms with van der Waals surface area (Å²) in [5.41, 5.74) is 0. The van der Waals surface area contributed by atoms with Crippen LogP contribution in [0.5, 0.6) is 0 Å². The van der Waals surface area contributed by atoms with Crippen molar-refractivity contribution in [2.45, 2.75) is 6.42 Å². The first kappa shape index (κ1) is 14.6. The van der Waals surface area contributed by atoms with Crippen LogP contribution in [-0.4, -0.2) is 52.6 Å². The highest BCUT2D eigenvalue weighted by Crippen LogP contribution is 1.94. The minimum atomic E-state index is -1.26. The van der Waals surface area contributed by atoms with E-state index in [4.69, 9.17) is 10.2 Å². The lowest BCUT2D eigenvalue weighted by atomic mass is 10.3. The Morgan fingerprint density at radius 3 is 2.00 bits per heavy atom. The molecule has 1 aliphatic rings. The third-order valence-corrected chi connectivity index (χ3v) is 1.64. The maximum absolute atomic E-state index is 10.6. The largest absolute Gasteiger partial charge is 0.478 e. The Balaban J connectivity index is 0.000000304. The highest BCUT2D eigenvalue weighted by molar-refractivity contribution is 5.96. The summed E-state index contributed by atoms with van der Waals surface area (Å²) in [4.78, 5) is 41.6. The van der Waals surface area contributed by atoms with E-state index < -0.39 is 11.9 Å². The lowest BCUT2D eigenvalue weighted by Gasteiger charge is -2.21. The third-order valence-electron chi connectivity index (χ3n) is 1.64. The molecule has 0 spiro atoms. The van der Waals surface area contributed by atoms with E-state index >= 15 is 0 Å². The van der Waals surface area contributed by atoms with Crippen LogP contribution in [0.3, 0.4) is 0 Å². The van der Waals surface area contributed by atoms with Gasteiger partial charge in [0.1, 0.15) is 0 Å². The standard InChI is InChI=1S/C5H8N2O2.C4H4O4/c1-7-3-2-4(8)6-5(7)9;5-3(6)1-2-4(7)8/h2-3H2,1H3,(H,6,8,9);1-2H,(H,5,6)(H,7,8)/b;2-1+. The second kappa shape index (κ2) is 6.99. The van der Waals surface area contributed by atoms with Gasteiger partial charge < -0.3 is 15.1 Å². The number of hydrogen-bond acceptors (Lipinski definition) is 4. The van der Waals surface area contributed by atoms with Crippen molar-refractivity contribution in [3.05, 3.63) is 12.2 Å². The van der Waals surface area contributed by atoms with Crippen molar-refractivity contribution in [1.29, 1.82) is 0 Å². The molecular weight excluding hydrogens is 232 g/mol. The molecule has 1 heterocycles. The van der Waals surface area contributed by atoms with Gasteiger partial charge >= 0.3 is 18.0 Å². The van der Waals surface area contributed by atoms with Gasteiger partial charge in [-0.15, -0.1) is 0 Å². The van der Waals surface area contributed by atoms with Gasteiger partial charge in [0.05, 0.1) is 0 Å². The number of imide groups is 1. The zero-order valence-corrected chi connectivity index (χ0v) is 9.04. The van der Waals surface area contributed by atoms with E-state index in [0.29, 0.717) is 25.1 Å². The summed E-state index contributed by atoms with van der Waals surface area (Å²) in [7, 11) is 1.65. The fourth-order valence-corrected chi connectivity index (χ4v) is 0.791. The Labute approximate surface area is 96.5 Å². The number of amides is 3. The Hall–Kier alpha value is -2.38. The molecule has 1 saturated heterocycles. The average Bonchev–Trinajstić information content (AvgIpc) is 2.22. The van der Waals surface area contributed by atoms with Crippen molar-refractivity contribution in [2.75, 3.05) is 13.6 Å². The molecule has 0 unspecified atom stereocenters. The average molecular weight is 244 g/mol. The van der Waals surface area contributed by atoms with E-state index in [1.165, 1.54) is 4.90 Å². The van der Waals surface area contributed by atoms with Gasteiger partial charge in [-0.25, -0.2) is 14.4 Å². The summed E-state index contributed by atoms with van der Waals surface area (Å²) in [5, 5.41) is 17.8. The Kier molecular flexibility index (Phi) is 6.01. The fourth-order valence-electron chi connectivity index (χ4n) is 0.791. The number of carboxylic acid groups (broad SMARTS) is 2. The van der Waals surface area contributed by atoms with E-state index in [1.54, 1.807) is 7.05 Å². The molecule has 1 rings (SSSR count). The van der Waals surface area contributed by atoms with E-state index in [0.717, 1.165) is 0 Å². The van der Waals surface area contributed by atoms with Crippen molar-refractivity contribution >= 4 is 23.9 Å². The van der Waals surface area contributed by atoms with Crippen molar-refractivity contribution in [3.63, 3.8) is 0 Å². The number of carbonyl (C=O) groups excluding carboxylic acids is 2. The summed E-state index contributed by atoms with van der Waals surface area (Å²) in [6.07, 6.45) is 1.53. The number of nitrogens with zero attached hydrogens (tertiary/aromatic N) is 1. The highest BCUT2D eigenvalue weighted by Gasteiger charge is 2.18. The molecule has 1 aliphatic heterocycles. The molecule has 0 atom stereocenters. The van der Waals surface area contributed by atoms with Gasteiger partial charge in [-0.3, -0.25) is 10.1 Å². The van der Waals surface area contributed by atoms with E-state index in [9.17, 15) is 19.2 Å². The molecule has 8 nitrogen and oxygen atoms in total. The fraction of sp³-hybridized carbons (Fsp3) is 0.333. The lowest BCUT2D eigenvalue weighted by Crippen LogP contribution is -2.47. The Bertz CT molecular complexity index is 346. The third kappa shape index (κ3) is 7.54. The SMILES string of the molecule is CN1CCC(=O)NC1=O.O=C(O)/C=C/C(=O)O. The van der Waals surface area contributed by atoms with E-state index in [-0.39, 0.29) is 11.9 Å². The first-order valence-corrected chi connectivity index (χ1v) is 4.51. The van der Waals surface area contributed by atoms with Gasteiger partial charge in [0.2, 0.25) is 5.91 Å². The summed E-state index contributed by atoms with van der Waals surface area (Å²) in [6.45, 7) is 0.532. The topological polar surface area (TPSA) is 124 Å². The quantitative estimate of drug-likeness (QED) is 0.550. The molecule has 0 bridgehead atoms. The van der Waals surface area contributed by atoms with Crippen LogP contribution < -0.4 is 5.32 Å². The predicted molar refractivity (Wildman–Crippen MR) is 55.2 cm³/mol. The number of aliphatic carboxylic acids is 2. The van der Waals surface area contributed by atoms with Crippen LogP contribution in [0.2, 0.25) is 0 Å². The predicted octanol–water partition coefficient (Wildman–Crippen LogP) is -0.730. The molecule has 0 radical (unpaired) electrons. The second-order valence-corrected chi connectivity index (χ2v) is 3.03. The number of urea groups is 1. The number of hydrogen-bond donors (Lipinski definition) is 3. The van der Waals surface area contributed by atoms with Gasteiger partial charge in [0.25, 0.3) is 0 Å². The second-order valence-electron chi connectivity index (χ2n) is 3.03. The van der Waals surface area contributed by atoms with Crippen LogP contribution in [0.15, 0.2) is 12.2 Å². The molecule has 94 valence electrons. The van der Waals surface area contributed by atoms with Gasteiger partial charge in [-0.1, -0.05) is 0 Å². The minimum Gasteiger partial charge on any atom is -0.478 e. The van der Waals surface area contributed by atoms with Crippen LogP contribution in [-0.2, 0) is 14.4 Å². The summed E-state index contributed by atoms with van der Waals surface area (Å²) < 4.78 is 0. The zero-order valence-electron chi connectivity index (χ0n) is 9.04. The lowest BCUT2D eigenvalue weighted by molar-refractivity contribution is -0.134. The van der Waals surface area contributed by atoms with E-state index in [2.05, 4.69) is 5.32 Å². The van der Waals surface area contributed by atoms with E-state index in [1.807, 2.05) is 0 Å². The first-order valence-electron chi connectivity index (χ1n) is 4.51. The summed E-state index contributed by atoms with van der Waals surface area (Å²) >= 11 is 0. The van der Waals surface area contributed by atoms with Crippen LogP contribution >= 0.6 is 0 Å². The molecule has 0 aliphatic carbocycles. The Morgan fingerprint density at radius 2 is 1.71 bits per heavy atom. The molecule has 3 amide bonds. The summed E-state index contributed by atoms with van der Waals surface area (Å²) in [5.74, 6) is -2.70. The molecular formula is C9H12N2O6. The van der Waals surface area contributed by atoms with Gasteiger partial charge in [0, 0.05) is 32.2 Å². The molecule has 0 aromatic rings. The molecule has 0 aromatic heterocycles. The molecule has 0 saturated carbocycles. The van der Waals surface area contributed by atoms with Crippen molar-refractivity contribution in [1.82, 2.24) is 10.2 Å². The number of rotatable bonds is 2. The van der Waals surface area contributed by atoms with Crippen LogP contribution in [0.4, 0.5) is 4.79 Å². The molecule has 0 aromatic carbocycles. The maximum atomic E-state index is 10.6. The van der Waals surface area contributed by atoms with Crippen LogP contribution in [0, 0.1) is 0 Å². The Morgan fingerprint density at radius 1 is 1.24 bits per heavy atom. The van der Waals surface area contributed by atoms with Crippen molar-refractivity contribution < 1.29 is 29.4 Å². The minimum absolute atomic E-state index is 0.182. The van der Waals surface area contributed by atoms with Gasteiger partial charge in [0.15, 0.2) is 0 Å². The number of nitrogens with one attached hydrogen (secondary N) is 1. The summed E-state index contributed by atoms with van der Waals surface area (Å²) in [6, 6.07) is -0.300. The van der Waals surface area contributed by atoms with Crippen LogP contribution in [0.25, 0.3) is 0 Å². The highest BCUT2D eigenvalue weighted by atomic mass is 16.4. The van der Waals surface area contributed by atoms with Gasteiger partial charge in [-0.05, 0) is 0 Å². The molecule has 8 heteroatoms. The first-order chi connectivity index (χ1) is 7.82. The molecule has 1 fully saturated rings. The monoisotopic (exact) mass is 244 g/mol. The molecule has 17 heavy (non-hydrogen) atoms. The normalized spacial score (nSPS) is 15.0. The van der Waals surface area contributed by atoms with Crippen molar-refractivity contribution in [3.8, 4) is 0 Å². The maximum Gasteiger partial charge on any atom is 0.328 e. The molecule has 3 N–H and O–H groups in total. The number of carboxylic acids is 2.